The van der Waals surface area contributed by atoms with Gasteiger partial charge in [-0.15, -0.1) is 0 Å². The zero-order chi connectivity index (χ0) is 15.2. The summed E-state index contributed by atoms with van der Waals surface area (Å²) in [6.45, 7) is 8.26. The van der Waals surface area contributed by atoms with E-state index < -0.39 is 0 Å². The van der Waals surface area contributed by atoms with Crippen LogP contribution in [0, 0.1) is 5.92 Å². The number of hydrogen-bond acceptors (Lipinski definition) is 4. The lowest BCUT2D eigenvalue weighted by molar-refractivity contribution is -0.0468. The summed E-state index contributed by atoms with van der Waals surface area (Å²) in [7, 11) is 0. The van der Waals surface area contributed by atoms with Crippen LogP contribution in [0.3, 0.4) is 0 Å². The highest BCUT2D eigenvalue weighted by molar-refractivity contribution is 5.14. The highest BCUT2D eigenvalue weighted by Gasteiger charge is 2.26. The molecule has 0 spiro atoms. The van der Waals surface area contributed by atoms with Crippen molar-refractivity contribution in [1.29, 1.82) is 0 Å². The lowest BCUT2D eigenvalue weighted by Gasteiger charge is -2.37. The largest absolute Gasteiger partial charge is 0.350 e. The fourth-order valence-corrected chi connectivity index (χ4v) is 3.48. The van der Waals surface area contributed by atoms with E-state index in [9.17, 15) is 0 Å². The number of nitrogens with zero attached hydrogens (tertiary/aromatic N) is 1. The van der Waals surface area contributed by atoms with Gasteiger partial charge in [-0.3, -0.25) is 4.90 Å². The Morgan fingerprint density at radius 1 is 1.18 bits per heavy atom. The Hall–Kier alpha value is -0.940. The SMILES string of the molecule is C[C@H]1CN(Cc2ccccc2)CC[C@@H]1NCCC1OCCO1. The van der Waals surface area contributed by atoms with Crippen LogP contribution in [0.4, 0.5) is 0 Å². The first-order valence-electron chi connectivity index (χ1n) is 8.54. The van der Waals surface area contributed by atoms with Gasteiger partial charge in [-0.05, 0) is 24.4 Å². The molecule has 4 heteroatoms. The van der Waals surface area contributed by atoms with Gasteiger partial charge in [0.25, 0.3) is 0 Å². The molecule has 122 valence electrons. The average molecular weight is 304 g/mol. The summed E-state index contributed by atoms with van der Waals surface area (Å²) in [6, 6.07) is 11.4. The second-order valence-corrected chi connectivity index (χ2v) is 6.51. The van der Waals surface area contributed by atoms with Crippen LogP contribution in [-0.2, 0) is 16.0 Å². The number of nitrogens with one attached hydrogen (secondary N) is 1. The van der Waals surface area contributed by atoms with Crippen LogP contribution in [-0.4, -0.2) is 50.1 Å². The summed E-state index contributed by atoms with van der Waals surface area (Å²) < 4.78 is 11.0. The predicted molar refractivity (Wildman–Crippen MR) is 87.6 cm³/mol. The van der Waals surface area contributed by atoms with Crippen LogP contribution in [0.25, 0.3) is 0 Å². The molecule has 0 saturated carbocycles. The first-order chi connectivity index (χ1) is 10.8. The predicted octanol–water partition coefficient (Wildman–Crippen LogP) is 2.25. The lowest BCUT2D eigenvalue weighted by Crippen LogP contribution is -2.48. The molecule has 2 aliphatic rings. The Kier molecular flexibility index (Phi) is 5.84. The first kappa shape index (κ1) is 15.9. The summed E-state index contributed by atoms with van der Waals surface area (Å²) in [5, 5.41) is 3.70. The van der Waals surface area contributed by atoms with Crippen molar-refractivity contribution >= 4 is 0 Å². The Morgan fingerprint density at radius 2 is 1.95 bits per heavy atom. The van der Waals surface area contributed by atoms with Gasteiger partial charge < -0.3 is 14.8 Å². The van der Waals surface area contributed by atoms with Crippen molar-refractivity contribution in [1.82, 2.24) is 10.2 Å². The highest BCUT2D eigenvalue weighted by Crippen LogP contribution is 2.19. The summed E-state index contributed by atoms with van der Waals surface area (Å²) in [5.41, 5.74) is 1.41. The van der Waals surface area contributed by atoms with Gasteiger partial charge in [0.2, 0.25) is 0 Å². The third-order valence-electron chi connectivity index (χ3n) is 4.72. The maximum Gasteiger partial charge on any atom is 0.159 e. The Morgan fingerprint density at radius 3 is 2.68 bits per heavy atom. The number of likely N-dealkylation sites (tertiary alicyclic amines) is 1. The molecule has 22 heavy (non-hydrogen) atoms. The molecule has 1 N–H and O–H groups in total. The van der Waals surface area contributed by atoms with E-state index in [2.05, 4.69) is 47.5 Å². The van der Waals surface area contributed by atoms with Crippen molar-refractivity contribution in [2.75, 3.05) is 32.8 Å². The summed E-state index contributed by atoms with van der Waals surface area (Å²) >= 11 is 0. The molecule has 2 saturated heterocycles. The second kappa shape index (κ2) is 8.06. The molecule has 2 atom stereocenters. The third-order valence-corrected chi connectivity index (χ3v) is 4.72. The molecule has 0 unspecified atom stereocenters. The van der Waals surface area contributed by atoms with E-state index in [1.807, 2.05) is 0 Å². The van der Waals surface area contributed by atoms with Gasteiger partial charge in [0, 0.05) is 32.1 Å². The van der Waals surface area contributed by atoms with E-state index in [0.29, 0.717) is 12.0 Å². The maximum absolute atomic E-state index is 5.48. The molecule has 0 bridgehead atoms. The summed E-state index contributed by atoms with van der Waals surface area (Å²) in [6.07, 6.45) is 2.19. The van der Waals surface area contributed by atoms with Gasteiger partial charge in [-0.1, -0.05) is 37.3 Å². The van der Waals surface area contributed by atoms with Crippen LogP contribution < -0.4 is 5.32 Å². The normalized spacial score (nSPS) is 27.3. The Labute approximate surface area is 133 Å². The summed E-state index contributed by atoms with van der Waals surface area (Å²) in [5.74, 6) is 0.683. The average Bonchev–Trinajstić information content (AvgIpc) is 3.04. The van der Waals surface area contributed by atoms with Crippen molar-refractivity contribution in [2.45, 2.75) is 38.6 Å². The van der Waals surface area contributed by atoms with Crippen LogP contribution in [0.1, 0.15) is 25.3 Å². The standard InChI is InChI=1S/C18H28N2O2/c1-15-13-20(14-16-5-3-2-4-6-16)10-8-17(15)19-9-7-18-21-11-12-22-18/h2-6,15,17-19H,7-14H2,1H3/t15-,17-/m0/s1. The summed E-state index contributed by atoms with van der Waals surface area (Å²) in [4.78, 5) is 2.57. The van der Waals surface area contributed by atoms with Gasteiger partial charge in [0.05, 0.1) is 13.2 Å². The molecule has 2 fully saturated rings. The smallest absolute Gasteiger partial charge is 0.159 e. The highest BCUT2D eigenvalue weighted by atomic mass is 16.7. The van der Waals surface area contributed by atoms with E-state index in [1.54, 1.807) is 0 Å². The minimum atomic E-state index is 0.0148. The fourth-order valence-electron chi connectivity index (χ4n) is 3.48. The van der Waals surface area contributed by atoms with Crippen LogP contribution >= 0.6 is 0 Å². The van der Waals surface area contributed by atoms with Gasteiger partial charge in [-0.2, -0.15) is 0 Å². The van der Waals surface area contributed by atoms with Crippen molar-refractivity contribution in [3.8, 4) is 0 Å². The van der Waals surface area contributed by atoms with Gasteiger partial charge in [0.15, 0.2) is 6.29 Å². The molecule has 0 amide bonds. The molecular formula is C18H28N2O2. The first-order valence-corrected chi connectivity index (χ1v) is 8.54. The molecular weight excluding hydrogens is 276 g/mol. The van der Waals surface area contributed by atoms with Crippen LogP contribution in [0.2, 0.25) is 0 Å². The molecule has 0 radical (unpaired) electrons. The van der Waals surface area contributed by atoms with E-state index in [0.717, 1.165) is 32.7 Å². The third kappa shape index (κ3) is 4.53. The molecule has 2 aliphatic heterocycles. The van der Waals surface area contributed by atoms with E-state index >= 15 is 0 Å². The number of piperidine rings is 1. The van der Waals surface area contributed by atoms with Gasteiger partial charge in [0.1, 0.15) is 0 Å². The number of ether oxygens (including phenoxy) is 2. The van der Waals surface area contributed by atoms with Gasteiger partial charge in [-0.25, -0.2) is 0 Å². The van der Waals surface area contributed by atoms with Crippen molar-refractivity contribution < 1.29 is 9.47 Å². The molecule has 2 heterocycles. The van der Waals surface area contributed by atoms with E-state index in [1.165, 1.54) is 25.1 Å². The number of rotatable bonds is 6. The number of benzene rings is 1. The Balaban J connectivity index is 1.38. The number of hydrogen-bond donors (Lipinski definition) is 1. The van der Waals surface area contributed by atoms with Crippen molar-refractivity contribution in [2.24, 2.45) is 5.92 Å². The molecule has 4 nitrogen and oxygen atoms in total. The van der Waals surface area contributed by atoms with Crippen molar-refractivity contribution in [3.05, 3.63) is 35.9 Å². The zero-order valence-corrected chi connectivity index (χ0v) is 13.5. The monoisotopic (exact) mass is 304 g/mol. The van der Waals surface area contributed by atoms with E-state index in [4.69, 9.17) is 9.47 Å². The van der Waals surface area contributed by atoms with Crippen molar-refractivity contribution in [3.63, 3.8) is 0 Å². The Bertz CT molecular complexity index is 434. The molecule has 1 aromatic carbocycles. The van der Waals surface area contributed by atoms with E-state index in [-0.39, 0.29) is 6.29 Å². The molecule has 0 aliphatic carbocycles. The molecule has 0 aromatic heterocycles. The minimum Gasteiger partial charge on any atom is -0.350 e. The van der Waals surface area contributed by atoms with Crippen LogP contribution in [0.5, 0.6) is 0 Å². The maximum atomic E-state index is 5.48. The second-order valence-electron chi connectivity index (χ2n) is 6.51. The minimum absolute atomic E-state index is 0.0148. The zero-order valence-electron chi connectivity index (χ0n) is 13.5. The fraction of sp³-hybridized carbons (Fsp3) is 0.667. The lowest BCUT2D eigenvalue weighted by atomic mass is 9.93. The quantitative estimate of drug-likeness (QED) is 0.874. The topological polar surface area (TPSA) is 33.7 Å². The molecule has 3 rings (SSSR count). The van der Waals surface area contributed by atoms with Gasteiger partial charge >= 0.3 is 0 Å². The van der Waals surface area contributed by atoms with Crippen LogP contribution in [0.15, 0.2) is 30.3 Å². The molecule has 1 aromatic rings.